The van der Waals surface area contributed by atoms with Crippen molar-refractivity contribution in [1.29, 1.82) is 0 Å². The predicted molar refractivity (Wildman–Crippen MR) is 102 cm³/mol. The maximum Gasteiger partial charge on any atom is 0.250 e. The van der Waals surface area contributed by atoms with Crippen LogP contribution in [0.5, 0.6) is 5.75 Å². The van der Waals surface area contributed by atoms with E-state index in [0.717, 1.165) is 22.5 Å². The van der Waals surface area contributed by atoms with E-state index in [1.807, 2.05) is 44.1 Å². The molecule has 8 nitrogen and oxygen atoms in total. The van der Waals surface area contributed by atoms with Gasteiger partial charge in [0.25, 0.3) is 5.91 Å². The van der Waals surface area contributed by atoms with Crippen molar-refractivity contribution >= 4 is 32.6 Å². The molecule has 0 atom stereocenters. The van der Waals surface area contributed by atoms with Gasteiger partial charge in [-0.3, -0.25) is 9.69 Å². The van der Waals surface area contributed by atoms with Crippen LogP contribution in [0.3, 0.4) is 0 Å². The highest BCUT2D eigenvalue weighted by Gasteiger charge is 2.21. The average molecular weight is 374 g/mol. The van der Waals surface area contributed by atoms with Crippen LogP contribution >= 0.6 is 11.3 Å². The number of hydrogen-bond donors (Lipinski definition) is 0. The molecule has 0 spiro atoms. The summed E-state index contributed by atoms with van der Waals surface area (Å²) in [7, 11) is 3.96. The molecule has 3 aromatic rings. The molecule has 1 amide bonds. The van der Waals surface area contributed by atoms with Gasteiger partial charge in [-0.05, 0) is 33.2 Å². The lowest BCUT2D eigenvalue weighted by molar-refractivity contribution is -0.119. The lowest BCUT2D eigenvalue weighted by Gasteiger charge is -2.21. The van der Waals surface area contributed by atoms with Gasteiger partial charge in [0, 0.05) is 13.1 Å². The van der Waals surface area contributed by atoms with Gasteiger partial charge >= 0.3 is 0 Å². The molecule has 138 valence electrons. The van der Waals surface area contributed by atoms with Crippen molar-refractivity contribution < 1.29 is 9.53 Å². The number of hydrogen-bond acceptors (Lipinski definition) is 7. The molecule has 0 N–H and O–H groups in total. The van der Waals surface area contributed by atoms with Crippen molar-refractivity contribution in [3.63, 3.8) is 0 Å². The van der Waals surface area contributed by atoms with E-state index in [9.17, 15) is 4.79 Å². The van der Waals surface area contributed by atoms with E-state index in [-0.39, 0.29) is 12.5 Å². The first-order valence-electron chi connectivity index (χ1n) is 8.38. The highest BCUT2D eigenvalue weighted by Crippen LogP contribution is 2.34. The summed E-state index contributed by atoms with van der Waals surface area (Å²) >= 11 is 1.49. The fraction of sp³-hybridized carbons (Fsp3) is 0.412. The van der Waals surface area contributed by atoms with Crippen LogP contribution in [-0.4, -0.2) is 64.3 Å². The highest BCUT2D eigenvalue weighted by atomic mass is 32.1. The molecule has 2 heterocycles. The summed E-state index contributed by atoms with van der Waals surface area (Å²) in [5.74, 6) is 0.665. The lowest BCUT2D eigenvalue weighted by Crippen LogP contribution is -2.38. The van der Waals surface area contributed by atoms with E-state index in [1.165, 1.54) is 28.7 Å². The summed E-state index contributed by atoms with van der Waals surface area (Å²) in [6, 6.07) is 5.83. The van der Waals surface area contributed by atoms with E-state index in [1.54, 1.807) is 4.90 Å². The largest absolute Gasteiger partial charge is 0.492 e. The molecule has 2 aromatic heterocycles. The second-order valence-corrected chi connectivity index (χ2v) is 6.98. The van der Waals surface area contributed by atoms with Gasteiger partial charge in [0.2, 0.25) is 0 Å². The van der Waals surface area contributed by atoms with Gasteiger partial charge < -0.3 is 9.64 Å². The average Bonchev–Trinajstić information content (AvgIpc) is 3.25. The molecule has 0 fully saturated rings. The number of nitrogens with zero attached hydrogens (tertiary/aromatic N) is 6. The minimum Gasteiger partial charge on any atom is -0.492 e. The molecule has 0 aliphatic rings. The number of fused-ring (bicyclic) bond motifs is 1. The molecule has 0 bridgehead atoms. The molecule has 0 aliphatic carbocycles. The van der Waals surface area contributed by atoms with Crippen LogP contribution in [0.1, 0.15) is 6.92 Å². The third-order valence-electron chi connectivity index (χ3n) is 3.74. The number of carbonyl (C=O) groups is 1. The first-order chi connectivity index (χ1) is 12.6. The van der Waals surface area contributed by atoms with E-state index in [2.05, 4.69) is 10.1 Å². The van der Waals surface area contributed by atoms with Crippen LogP contribution in [0, 0.1) is 0 Å². The monoisotopic (exact) mass is 374 g/mol. The van der Waals surface area contributed by atoms with Gasteiger partial charge in [0.15, 0.2) is 5.13 Å². The maximum atomic E-state index is 12.9. The van der Waals surface area contributed by atoms with Crippen LogP contribution in [0.25, 0.3) is 10.2 Å². The van der Waals surface area contributed by atoms with Crippen molar-refractivity contribution in [2.45, 2.75) is 13.5 Å². The molecule has 0 unspecified atom stereocenters. The number of para-hydroxylation sites is 1. The molecule has 0 saturated heterocycles. The van der Waals surface area contributed by atoms with Gasteiger partial charge in [-0.2, -0.15) is 5.10 Å². The second kappa shape index (κ2) is 8.24. The van der Waals surface area contributed by atoms with Gasteiger partial charge in [-0.1, -0.05) is 17.4 Å². The van der Waals surface area contributed by atoms with Gasteiger partial charge in [-0.15, -0.1) is 0 Å². The molecule has 0 saturated carbocycles. The van der Waals surface area contributed by atoms with Crippen LogP contribution in [0.4, 0.5) is 5.13 Å². The van der Waals surface area contributed by atoms with Crippen molar-refractivity contribution in [3.8, 4) is 5.75 Å². The Kier molecular flexibility index (Phi) is 5.79. The summed E-state index contributed by atoms with van der Waals surface area (Å²) in [5, 5.41) is 4.69. The molecule has 1 aromatic carbocycles. The molecular weight excluding hydrogens is 352 g/mol. The minimum atomic E-state index is -0.0747. The standard InChI is InChI=1S/C17H22N6O2S/c1-4-25-13-6-5-7-14-16(13)20-17(26-14)23(9-8-21(2)3)15(24)10-22-12-18-11-19-22/h5-7,11-12H,4,8-10H2,1-3H3. The SMILES string of the molecule is CCOc1cccc2sc(N(CCN(C)C)C(=O)Cn3cncn3)nc12. The minimum absolute atomic E-state index is 0.0747. The summed E-state index contributed by atoms with van der Waals surface area (Å²) < 4.78 is 8.18. The summed E-state index contributed by atoms with van der Waals surface area (Å²) in [6.07, 6.45) is 2.96. The molecule has 3 rings (SSSR count). The van der Waals surface area contributed by atoms with Crippen molar-refractivity contribution in [1.82, 2.24) is 24.6 Å². The van der Waals surface area contributed by atoms with Crippen molar-refractivity contribution in [2.75, 3.05) is 38.7 Å². The summed E-state index contributed by atoms with van der Waals surface area (Å²) in [5.41, 5.74) is 0.790. The molecule has 0 radical (unpaired) electrons. The van der Waals surface area contributed by atoms with E-state index in [0.29, 0.717) is 18.3 Å². The van der Waals surface area contributed by atoms with E-state index in [4.69, 9.17) is 9.72 Å². The number of ether oxygens (including phenoxy) is 1. The Morgan fingerprint density at radius 3 is 2.85 bits per heavy atom. The zero-order valence-corrected chi connectivity index (χ0v) is 15.9. The fourth-order valence-corrected chi connectivity index (χ4v) is 3.49. The predicted octanol–water partition coefficient (Wildman–Crippen LogP) is 1.88. The number of rotatable bonds is 8. The second-order valence-electron chi connectivity index (χ2n) is 5.97. The summed E-state index contributed by atoms with van der Waals surface area (Å²) in [6.45, 7) is 3.92. The topological polar surface area (TPSA) is 76.4 Å². The number of thiazole rings is 1. The van der Waals surface area contributed by atoms with Gasteiger partial charge in [-0.25, -0.2) is 14.6 Å². The Labute approximate surface area is 156 Å². The zero-order valence-electron chi connectivity index (χ0n) is 15.1. The molecule has 0 aliphatic heterocycles. The van der Waals surface area contributed by atoms with Crippen LogP contribution in [0.15, 0.2) is 30.9 Å². The lowest BCUT2D eigenvalue weighted by atomic mass is 10.3. The quantitative estimate of drug-likeness (QED) is 0.599. The van der Waals surface area contributed by atoms with E-state index >= 15 is 0 Å². The third kappa shape index (κ3) is 4.17. The first-order valence-corrected chi connectivity index (χ1v) is 9.20. The molecule has 26 heavy (non-hydrogen) atoms. The van der Waals surface area contributed by atoms with Crippen LogP contribution < -0.4 is 9.64 Å². The van der Waals surface area contributed by atoms with Gasteiger partial charge in [0.05, 0.1) is 11.3 Å². The van der Waals surface area contributed by atoms with Gasteiger partial charge in [0.1, 0.15) is 30.5 Å². The smallest absolute Gasteiger partial charge is 0.250 e. The summed E-state index contributed by atoms with van der Waals surface area (Å²) in [4.78, 5) is 25.2. The number of benzene rings is 1. The Morgan fingerprint density at radius 2 is 2.15 bits per heavy atom. The number of aromatic nitrogens is 4. The molecule has 9 heteroatoms. The Hall–Kier alpha value is -2.52. The van der Waals surface area contributed by atoms with Crippen molar-refractivity contribution in [2.24, 2.45) is 0 Å². The Balaban J connectivity index is 1.91. The maximum absolute atomic E-state index is 12.9. The number of carbonyl (C=O) groups excluding carboxylic acids is 1. The fourth-order valence-electron chi connectivity index (χ4n) is 2.46. The Morgan fingerprint density at radius 1 is 1.31 bits per heavy atom. The van der Waals surface area contributed by atoms with Crippen LogP contribution in [-0.2, 0) is 11.3 Å². The number of anilines is 1. The highest BCUT2D eigenvalue weighted by molar-refractivity contribution is 7.22. The molecular formula is C17H22N6O2S. The third-order valence-corrected chi connectivity index (χ3v) is 4.78. The normalized spacial score (nSPS) is 11.2. The van der Waals surface area contributed by atoms with E-state index < -0.39 is 0 Å². The number of amides is 1. The number of likely N-dealkylation sites (N-methyl/N-ethyl adjacent to an activating group) is 1. The zero-order chi connectivity index (χ0) is 18.5. The Bertz CT molecular complexity index is 861. The van der Waals surface area contributed by atoms with Crippen molar-refractivity contribution in [3.05, 3.63) is 30.9 Å². The van der Waals surface area contributed by atoms with Crippen LogP contribution in [0.2, 0.25) is 0 Å². The first kappa shape index (κ1) is 18.3.